The average Bonchev–Trinajstić information content (AvgIpc) is 2.47. The van der Waals surface area contributed by atoms with Crippen molar-refractivity contribution >= 4 is 11.6 Å². The van der Waals surface area contributed by atoms with Crippen molar-refractivity contribution in [1.82, 2.24) is 9.97 Å². The highest BCUT2D eigenvalue weighted by Crippen LogP contribution is 2.33. The molecule has 4 heteroatoms. The molecule has 0 aromatic carbocycles. The highest BCUT2D eigenvalue weighted by molar-refractivity contribution is 5.60. The first-order valence-electron chi connectivity index (χ1n) is 7.96. The van der Waals surface area contributed by atoms with Crippen molar-refractivity contribution in [3.63, 3.8) is 0 Å². The average molecular weight is 276 g/mol. The second-order valence-corrected chi connectivity index (χ2v) is 6.05. The summed E-state index contributed by atoms with van der Waals surface area (Å²) in [5.74, 6) is 2.53. The summed E-state index contributed by atoms with van der Waals surface area (Å²) < 4.78 is 0. The van der Waals surface area contributed by atoms with Crippen LogP contribution in [0.5, 0.6) is 0 Å². The van der Waals surface area contributed by atoms with E-state index >= 15 is 0 Å². The fourth-order valence-electron chi connectivity index (χ4n) is 3.15. The third-order valence-corrected chi connectivity index (χ3v) is 4.24. The fraction of sp³-hybridized carbons (Fsp3) is 0.750. The van der Waals surface area contributed by atoms with Gasteiger partial charge in [-0.05, 0) is 25.7 Å². The molecule has 1 heterocycles. The smallest absolute Gasteiger partial charge is 0.137 e. The van der Waals surface area contributed by atoms with E-state index in [0.717, 1.165) is 18.2 Å². The van der Waals surface area contributed by atoms with E-state index in [0.29, 0.717) is 12.0 Å². The maximum atomic E-state index is 4.59. The maximum absolute atomic E-state index is 4.59. The van der Waals surface area contributed by atoms with E-state index in [2.05, 4.69) is 48.0 Å². The Morgan fingerprint density at radius 2 is 1.95 bits per heavy atom. The first-order valence-corrected chi connectivity index (χ1v) is 7.96. The van der Waals surface area contributed by atoms with Crippen LogP contribution in [0.25, 0.3) is 0 Å². The third-order valence-electron chi connectivity index (χ3n) is 4.24. The molecule has 1 N–H and O–H groups in total. The molecule has 0 bridgehead atoms. The van der Waals surface area contributed by atoms with Crippen molar-refractivity contribution in [1.29, 1.82) is 0 Å². The summed E-state index contributed by atoms with van der Waals surface area (Å²) >= 11 is 0. The highest BCUT2D eigenvalue weighted by atomic mass is 15.2. The minimum absolute atomic E-state index is 0.422. The Hall–Kier alpha value is -1.32. The summed E-state index contributed by atoms with van der Waals surface area (Å²) in [5, 5.41) is 3.38. The summed E-state index contributed by atoms with van der Waals surface area (Å²) in [7, 11) is 2.19. The molecule has 0 unspecified atom stereocenters. The standard InChI is InChI=1S/C16H28N4/c1-5-17-15-14(12(2)3)16(19-11-18-15)20(4)13-9-7-6-8-10-13/h11-13H,5-10H2,1-4H3,(H,17,18,19). The van der Waals surface area contributed by atoms with Crippen molar-refractivity contribution in [2.75, 3.05) is 23.8 Å². The summed E-state index contributed by atoms with van der Waals surface area (Å²) in [6, 6.07) is 0.630. The second-order valence-electron chi connectivity index (χ2n) is 6.05. The number of hydrogen-bond acceptors (Lipinski definition) is 4. The Balaban J connectivity index is 2.31. The van der Waals surface area contributed by atoms with Gasteiger partial charge >= 0.3 is 0 Å². The van der Waals surface area contributed by atoms with Crippen LogP contribution in [0.2, 0.25) is 0 Å². The van der Waals surface area contributed by atoms with Gasteiger partial charge in [-0.25, -0.2) is 9.97 Å². The van der Waals surface area contributed by atoms with Gasteiger partial charge in [-0.2, -0.15) is 0 Å². The van der Waals surface area contributed by atoms with Gasteiger partial charge in [0.2, 0.25) is 0 Å². The zero-order chi connectivity index (χ0) is 14.5. The molecule has 0 amide bonds. The van der Waals surface area contributed by atoms with E-state index < -0.39 is 0 Å². The van der Waals surface area contributed by atoms with Gasteiger partial charge in [-0.3, -0.25) is 0 Å². The molecule has 4 nitrogen and oxygen atoms in total. The van der Waals surface area contributed by atoms with Crippen LogP contribution in [-0.2, 0) is 0 Å². The lowest BCUT2D eigenvalue weighted by atomic mass is 9.93. The first-order chi connectivity index (χ1) is 9.65. The van der Waals surface area contributed by atoms with E-state index in [4.69, 9.17) is 0 Å². The molecule has 1 aliphatic carbocycles. The Labute approximate surface area is 123 Å². The van der Waals surface area contributed by atoms with Crippen LogP contribution in [-0.4, -0.2) is 29.6 Å². The molecule has 20 heavy (non-hydrogen) atoms. The number of nitrogens with zero attached hydrogens (tertiary/aromatic N) is 3. The quantitative estimate of drug-likeness (QED) is 0.888. The summed E-state index contributed by atoms with van der Waals surface area (Å²) in [6.45, 7) is 7.44. The summed E-state index contributed by atoms with van der Waals surface area (Å²) in [5.41, 5.74) is 1.25. The molecule has 0 atom stereocenters. The zero-order valence-corrected chi connectivity index (χ0v) is 13.3. The molecule has 1 aliphatic rings. The van der Waals surface area contributed by atoms with Gasteiger partial charge in [-0.15, -0.1) is 0 Å². The predicted molar refractivity (Wildman–Crippen MR) is 85.6 cm³/mol. The normalized spacial score (nSPS) is 16.4. The summed E-state index contributed by atoms with van der Waals surface area (Å²) in [6.07, 6.45) is 8.34. The molecule has 0 radical (unpaired) electrons. The molecular formula is C16H28N4. The van der Waals surface area contributed by atoms with Crippen LogP contribution in [0.1, 0.15) is 64.4 Å². The molecule has 1 aromatic rings. The van der Waals surface area contributed by atoms with Gasteiger partial charge < -0.3 is 10.2 Å². The molecule has 1 fully saturated rings. The fourth-order valence-corrected chi connectivity index (χ4v) is 3.15. The minimum Gasteiger partial charge on any atom is -0.370 e. The number of hydrogen-bond donors (Lipinski definition) is 1. The van der Waals surface area contributed by atoms with Crippen molar-refractivity contribution < 1.29 is 0 Å². The van der Waals surface area contributed by atoms with Crippen molar-refractivity contribution in [2.24, 2.45) is 0 Å². The SMILES string of the molecule is CCNc1ncnc(N(C)C2CCCCC2)c1C(C)C. The van der Waals surface area contributed by atoms with Gasteiger partial charge in [0.05, 0.1) is 0 Å². The molecule has 0 aliphatic heterocycles. The van der Waals surface area contributed by atoms with Crippen molar-refractivity contribution in [2.45, 2.75) is 64.8 Å². The number of aromatic nitrogens is 2. The van der Waals surface area contributed by atoms with E-state index in [9.17, 15) is 0 Å². The lowest BCUT2D eigenvalue weighted by Gasteiger charge is -2.34. The third kappa shape index (κ3) is 3.22. The minimum atomic E-state index is 0.422. The van der Waals surface area contributed by atoms with Crippen LogP contribution in [0.4, 0.5) is 11.6 Å². The van der Waals surface area contributed by atoms with Gasteiger partial charge in [0.1, 0.15) is 18.0 Å². The van der Waals surface area contributed by atoms with E-state index in [1.807, 2.05) is 0 Å². The Morgan fingerprint density at radius 3 is 2.55 bits per heavy atom. The van der Waals surface area contributed by atoms with Crippen LogP contribution in [0, 0.1) is 0 Å². The van der Waals surface area contributed by atoms with Gasteiger partial charge in [-0.1, -0.05) is 33.1 Å². The largest absolute Gasteiger partial charge is 0.370 e. The van der Waals surface area contributed by atoms with Crippen LogP contribution in [0.3, 0.4) is 0 Å². The van der Waals surface area contributed by atoms with Crippen molar-refractivity contribution in [3.8, 4) is 0 Å². The van der Waals surface area contributed by atoms with Crippen LogP contribution < -0.4 is 10.2 Å². The predicted octanol–water partition coefficient (Wildman–Crippen LogP) is 3.80. The van der Waals surface area contributed by atoms with Crippen LogP contribution in [0.15, 0.2) is 6.33 Å². The van der Waals surface area contributed by atoms with E-state index in [1.165, 1.54) is 37.7 Å². The second kappa shape index (κ2) is 6.91. The monoisotopic (exact) mass is 276 g/mol. The van der Waals surface area contributed by atoms with E-state index in [-0.39, 0.29) is 0 Å². The molecule has 2 rings (SSSR count). The maximum Gasteiger partial charge on any atom is 0.137 e. The van der Waals surface area contributed by atoms with Gasteiger partial charge in [0, 0.05) is 25.2 Å². The Morgan fingerprint density at radius 1 is 1.25 bits per heavy atom. The van der Waals surface area contributed by atoms with Crippen LogP contribution >= 0.6 is 0 Å². The molecule has 0 saturated heterocycles. The zero-order valence-electron chi connectivity index (χ0n) is 13.3. The number of nitrogens with one attached hydrogen (secondary N) is 1. The Kier molecular flexibility index (Phi) is 5.21. The molecule has 1 aromatic heterocycles. The van der Waals surface area contributed by atoms with Gasteiger partial charge in [0.15, 0.2) is 0 Å². The molecule has 0 spiro atoms. The topological polar surface area (TPSA) is 41.1 Å². The first kappa shape index (κ1) is 15.1. The van der Waals surface area contributed by atoms with Crippen molar-refractivity contribution in [3.05, 3.63) is 11.9 Å². The lowest BCUT2D eigenvalue weighted by molar-refractivity contribution is 0.425. The number of anilines is 2. The van der Waals surface area contributed by atoms with Gasteiger partial charge in [0.25, 0.3) is 0 Å². The highest BCUT2D eigenvalue weighted by Gasteiger charge is 2.24. The lowest BCUT2D eigenvalue weighted by Crippen LogP contribution is -2.35. The molecular weight excluding hydrogens is 248 g/mol. The number of rotatable bonds is 5. The molecule has 112 valence electrons. The summed E-state index contributed by atoms with van der Waals surface area (Å²) in [4.78, 5) is 11.4. The Bertz CT molecular complexity index is 424. The van der Waals surface area contributed by atoms with E-state index in [1.54, 1.807) is 6.33 Å². The molecule has 1 saturated carbocycles.